The highest BCUT2D eigenvalue weighted by Crippen LogP contribution is 2.32. The molecule has 0 spiro atoms. The van der Waals surface area contributed by atoms with Crippen molar-refractivity contribution in [1.82, 2.24) is 9.80 Å². The molecule has 20 heavy (non-hydrogen) atoms. The first-order valence-electron chi connectivity index (χ1n) is 8.52. The summed E-state index contributed by atoms with van der Waals surface area (Å²) in [6, 6.07) is 0.560. The first-order chi connectivity index (χ1) is 9.75. The maximum Gasteiger partial charge on any atom is 0.0622 e. The van der Waals surface area contributed by atoms with Crippen molar-refractivity contribution in [2.45, 2.75) is 57.5 Å². The zero-order chi connectivity index (χ0) is 14.4. The SMILES string of the molecule is CCCN1CCCC(CN)(N2CCOCC2CC)CC1. The van der Waals surface area contributed by atoms with Gasteiger partial charge in [0.15, 0.2) is 0 Å². The van der Waals surface area contributed by atoms with Gasteiger partial charge in [-0.3, -0.25) is 4.90 Å². The Morgan fingerprint density at radius 3 is 2.75 bits per heavy atom. The lowest BCUT2D eigenvalue weighted by molar-refractivity contribution is -0.0686. The van der Waals surface area contributed by atoms with Gasteiger partial charge in [0, 0.05) is 24.7 Å². The van der Waals surface area contributed by atoms with E-state index >= 15 is 0 Å². The number of morpholine rings is 1. The predicted octanol–water partition coefficient (Wildman–Crippen LogP) is 1.69. The Labute approximate surface area is 124 Å². The minimum absolute atomic E-state index is 0.215. The van der Waals surface area contributed by atoms with Crippen LogP contribution >= 0.6 is 0 Å². The molecule has 0 aromatic rings. The molecule has 2 fully saturated rings. The monoisotopic (exact) mass is 283 g/mol. The summed E-state index contributed by atoms with van der Waals surface area (Å²) in [7, 11) is 0. The van der Waals surface area contributed by atoms with Crippen LogP contribution in [0, 0.1) is 0 Å². The van der Waals surface area contributed by atoms with Gasteiger partial charge in [-0.05, 0) is 51.7 Å². The van der Waals surface area contributed by atoms with Gasteiger partial charge in [0.1, 0.15) is 0 Å². The first kappa shape index (κ1) is 16.2. The summed E-state index contributed by atoms with van der Waals surface area (Å²) in [4.78, 5) is 5.32. The molecule has 0 bridgehead atoms. The van der Waals surface area contributed by atoms with Gasteiger partial charge in [-0.2, -0.15) is 0 Å². The predicted molar refractivity (Wildman–Crippen MR) is 84.0 cm³/mol. The number of hydrogen-bond donors (Lipinski definition) is 1. The Morgan fingerprint density at radius 2 is 2.05 bits per heavy atom. The third kappa shape index (κ3) is 3.53. The van der Waals surface area contributed by atoms with Gasteiger partial charge in [-0.15, -0.1) is 0 Å². The molecule has 2 aliphatic rings. The fourth-order valence-electron chi connectivity index (χ4n) is 4.00. The van der Waals surface area contributed by atoms with Crippen LogP contribution in [0.4, 0.5) is 0 Å². The third-order valence-electron chi connectivity index (χ3n) is 5.24. The second-order valence-corrected chi connectivity index (χ2v) is 6.45. The number of nitrogens with two attached hydrogens (primary N) is 1. The van der Waals surface area contributed by atoms with Crippen LogP contribution in [0.2, 0.25) is 0 Å². The molecule has 2 heterocycles. The lowest BCUT2D eigenvalue weighted by Crippen LogP contribution is -2.61. The van der Waals surface area contributed by atoms with Crippen molar-refractivity contribution in [3.63, 3.8) is 0 Å². The van der Waals surface area contributed by atoms with Gasteiger partial charge in [0.2, 0.25) is 0 Å². The Bertz CT molecular complexity index is 287. The summed E-state index contributed by atoms with van der Waals surface area (Å²) in [6.45, 7) is 11.9. The van der Waals surface area contributed by atoms with Crippen molar-refractivity contribution in [3.8, 4) is 0 Å². The Morgan fingerprint density at radius 1 is 1.20 bits per heavy atom. The highest BCUT2D eigenvalue weighted by Gasteiger charge is 2.41. The number of rotatable bonds is 5. The van der Waals surface area contributed by atoms with E-state index in [0.29, 0.717) is 6.04 Å². The van der Waals surface area contributed by atoms with E-state index in [0.717, 1.165) is 26.3 Å². The van der Waals surface area contributed by atoms with Crippen LogP contribution in [0.1, 0.15) is 46.0 Å². The molecule has 0 amide bonds. The zero-order valence-electron chi connectivity index (χ0n) is 13.4. The first-order valence-corrected chi connectivity index (χ1v) is 8.52. The van der Waals surface area contributed by atoms with Crippen LogP contribution in [0.15, 0.2) is 0 Å². The van der Waals surface area contributed by atoms with E-state index in [1.54, 1.807) is 0 Å². The van der Waals surface area contributed by atoms with Gasteiger partial charge < -0.3 is 15.4 Å². The van der Waals surface area contributed by atoms with E-state index in [-0.39, 0.29) is 5.54 Å². The second-order valence-electron chi connectivity index (χ2n) is 6.45. The maximum atomic E-state index is 6.27. The van der Waals surface area contributed by atoms with E-state index < -0.39 is 0 Å². The van der Waals surface area contributed by atoms with E-state index in [4.69, 9.17) is 10.5 Å². The molecule has 2 rings (SSSR count). The van der Waals surface area contributed by atoms with Crippen LogP contribution in [-0.4, -0.2) is 67.3 Å². The third-order valence-corrected chi connectivity index (χ3v) is 5.24. The molecule has 2 saturated heterocycles. The van der Waals surface area contributed by atoms with Crippen molar-refractivity contribution in [1.29, 1.82) is 0 Å². The van der Waals surface area contributed by atoms with Crippen molar-refractivity contribution in [2.75, 3.05) is 45.9 Å². The van der Waals surface area contributed by atoms with E-state index in [2.05, 4.69) is 23.6 Å². The number of nitrogens with zero attached hydrogens (tertiary/aromatic N) is 2. The lowest BCUT2D eigenvalue weighted by Gasteiger charge is -2.49. The fraction of sp³-hybridized carbons (Fsp3) is 1.00. The lowest BCUT2D eigenvalue weighted by atomic mass is 9.86. The van der Waals surface area contributed by atoms with Crippen LogP contribution in [-0.2, 0) is 4.74 Å². The second kappa shape index (κ2) is 7.74. The van der Waals surface area contributed by atoms with E-state index in [1.807, 2.05) is 0 Å². The van der Waals surface area contributed by atoms with Crippen molar-refractivity contribution < 1.29 is 4.74 Å². The number of hydrogen-bond acceptors (Lipinski definition) is 4. The minimum atomic E-state index is 0.215. The fourth-order valence-corrected chi connectivity index (χ4v) is 4.00. The summed E-state index contributed by atoms with van der Waals surface area (Å²) in [6.07, 6.45) is 6.18. The Hall–Kier alpha value is -0.160. The van der Waals surface area contributed by atoms with E-state index in [9.17, 15) is 0 Å². The molecule has 0 aromatic heterocycles. The van der Waals surface area contributed by atoms with Crippen molar-refractivity contribution in [2.24, 2.45) is 5.73 Å². The maximum absolute atomic E-state index is 6.27. The standard InChI is InChI=1S/C16H33N3O/c1-3-8-18-9-5-6-16(14-17,7-10-18)19-11-12-20-13-15(19)4-2/h15H,3-14,17H2,1-2H3. The van der Waals surface area contributed by atoms with Gasteiger partial charge in [0.25, 0.3) is 0 Å². The molecule has 0 radical (unpaired) electrons. The van der Waals surface area contributed by atoms with Crippen LogP contribution in [0.25, 0.3) is 0 Å². The van der Waals surface area contributed by atoms with Gasteiger partial charge in [-0.1, -0.05) is 13.8 Å². The molecule has 2 atom stereocenters. The molecular weight excluding hydrogens is 250 g/mol. The van der Waals surface area contributed by atoms with Crippen LogP contribution in [0.3, 0.4) is 0 Å². The van der Waals surface area contributed by atoms with Gasteiger partial charge in [0.05, 0.1) is 13.2 Å². The van der Waals surface area contributed by atoms with Gasteiger partial charge >= 0.3 is 0 Å². The Balaban J connectivity index is 2.07. The summed E-state index contributed by atoms with van der Waals surface area (Å²) in [5.74, 6) is 0. The molecule has 2 unspecified atom stereocenters. The molecule has 118 valence electrons. The highest BCUT2D eigenvalue weighted by molar-refractivity contribution is 4.98. The van der Waals surface area contributed by atoms with Crippen LogP contribution in [0.5, 0.6) is 0 Å². The number of likely N-dealkylation sites (tertiary alicyclic amines) is 1. The topological polar surface area (TPSA) is 41.7 Å². The molecule has 2 N–H and O–H groups in total. The van der Waals surface area contributed by atoms with Crippen molar-refractivity contribution >= 4 is 0 Å². The average Bonchev–Trinajstić information content (AvgIpc) is 2.71. The smallest absolute Gasteiger partial charge is 0.0622 e. The Kier molecular flexibility index (Phi) is 6.27. The molecule has 4 heteroatoms. The molecule has 4 nitrogen and oxygen atoms in total. The summed E-state index contributed by atoms with van der Waals surface area (Å²) in [5, 5.41) is 0. The molecular formula is C16H33N3O. The molecule has 0 saturated carbocycles. The zero-order valence-corrected chi connectivity index (χ0v) is 13.4. The van der Waals surface area contributed by atoms with Crippen molar-refractivity contribution in [3.05, 3.63) is 0 Å². The van der Waals surface area contributed by atoms with E-state index in [1.165, 1.54) is 51.7 Å². The molecule has 0 aromatic carbocycles. The largest absolute Gasteiger partial charge is 0.378 e. The quantitative estimate of drug-likeness (QED) is 0.834. The van der Waals surface area contributed by atoms with Crippen LogP contribution < -0.4 is 5.73 Å². The van der Waals surface area contributed by atoms with Gasteiger partial charge in [-0.25, -0.2) is 0 Å². The number of ether oxygens (including phenoxy) is 1. The minimum Gasteiger partial charge on any atom is -0.378 e. The molecule has 2 aliphatic heterocycles. The summed E-state index contributed by atoms with van der Waals surface area (Å²) in [5.41, 5.74) is 6.49. The summed E-state index contributed by atoms with van der Waals surface area (Å²) < 4.78 is 5.68. The highest BCUT2D eigenvalue weighted by atomic mass is 16.5. The summed E-state index contributed by atoms with van der Waals surface area (Å²) >= 11 is 0. The molecule has 0 aliphatic carbocycles. The average molecular weight is 283 g/mol. The normalized spacial score (nSPS) is 34.0.